The van der Waals surface area contributed by atoms with Gasteiger partial charge in [0.05, 0.1) is 16.0 Å². The molecule has 1 saturated carbocycles. The van der Waals surface area contributed by atoms with Gasteiger partial charge in [0.25, 0.3) is 5.91 Å². The van der Waals surface area contributed by atoms with Crippen molar-refractivity contribution >= 4 is 15.9 Å². The Bertz CT molecular complexity index is 1380. The summed E-state index contributed by atoms with van der Waals surface area (Å²) >= 11 is 0. The number of amides is 1. The van der Waals surface area contributed by atoms with Crippen molar-refractivity contribution < 1.29 is 44.3 Å². The Hall–Kier alpha value is -2.58. The molecule has 2 heterocycles. The third-order valence-electron chi connectivity index (χ3n) is 8.03. The van der Waals surface area contributed by atoms with Crippen LogP contribution in [-0.2, 0) is 27.5 Å². The third kappa shape index (κ3) is 7.49. The molecule has 2 N–H and O–H groups in total. The Labute approximate surface area is 241 Å². The zero-order valence-electron chi connectivity index (χ0n) is 23.4. The van der Waals surface area contributed by atoms with Crippen molar-refractivity contribution in [3.8, 4) is 11.3 Å². The number of sulfonamides is 1. The minimum absolute atomic E-state index is 0.00540. The fourth-order valence-corrected chi connectivity index (χ4v) is 7.03. The Kier molecular flexibility index (Phi) is 9.68. The van der Waals surface area contributed by atoms with Gasteiger partial charge in [0, 0.05) is 37.2 Å². The average Bonchev–Trinajstić information content (AvgIpc) is 3.24. The van der Waals surface area contributed by atoms with Crippen molar-refractivity contribution in [3.05, 3.63) is 41.1 Å². The van der Waals surface area contributed by atoms with Crippen molar-refractivity contribution in [2.45, 2.75) is 94.7 Å². The highest BCUT2D eigenvalue weighted by molar-refractivity contribution is 7.89. The Morgan fingerprint density at radius 1 is 1.02 bits per heavy atom. The summed E-state index contributed by atoms with van der Waals surface area (Å²) in [4.78, 5) is 12.0. The first-order valence-electron chi connectivity index (χ1n) is 14.0. The van der Waals surface area contributed by atoms with E-state index in [9.17, 15) is 39.6 Å². The van der Waals surface area contributed by atoms with Crippen LogP contribution in [0.25, 0.3) is 11.3 Å². The lowest BCUT2D eigenvalue weighted by molar-refractivity contribution is -0.147. The number of nitrogens with one attached hydrogen (secondary N) is 2. The Balaban J connectivity index is 1.77. The van der Waals surface area contributed by atoms with E-state index in [1.165, 1.54) is 10.8 Å². The van der Waals surface area contributed by atoms with Crippen molar-refractivity contribution in [1.29, 1.82) is 0 Å². The second kappa shape index (κ2) is 12.6. The second-order valence-electron chi connectivity index (χ2n) is 11.1. The number of hydrogen-bond donors (Lipinski definition) is 2. The molecule has 1 saturated heterocycles. The molecule has 0 unspecified atom stereocenters. The molecule has 1 aromatic carbocycles. The third-order valence-corrected chi connectivity index (χ3v) is 9.63. The maximum atomic E-state index is 14.2. The number of hydrogen-bond acceptors (Lipinski definition) is 4. The average molecular weight is 624 g/mol. The highest BCUT2D eigenvalue weighted by atomic mass is 32.2. The molecule has 1 aliphatic carbocycles. The molecule has 2 aromatic rings. The van der Waals surface area contributed by atoms with E-state index in [-0.39, 0.29) is 23.4 Å². The standard InChI is InChI=1S/C28H35F6N3O4S/c1-17-22(26(38)35-21-10-12-41-13-11-21)15-24(37(17)16-19-6-4-3-5-7-19)20-8-9-25(23(14-20)28(32,33)34)42(39,40)36-18(2)27(29,30)31/h8-9,14-15,18-19,21,36H,3-7,10-13,16H2,1-2H3,(H,35,38)/t18-/m1/s1. The van der Waals surface area contributed by atoms with Gasteiger partial charge in [-0.3, -0.25) is 4.79 Å². The SMILES string of the molecule is Cc1c(C(=O)NC2CCOCC2)cc(-c2ccc(S(=O)(=O)N[C@H](C)C(F)(F)F)c(C(F)(F)F)c2)n1CC1CCCCC1. The molecular formula is C28H35F6N3O4S. The number of nitrogens with zero attached hydrogens (tertiary/aromatic N) is 1. The lowest BCUT2D eigenvalue weighted by Crippen LogP contribution is -2.43. The van der Waals surface area contributed by atoms with E-state index in [1.54, 1.807) is 11.5 Å². The number of alkyl halides is 6. The van der Waals surface area contributed by atoms with Crippen molar-refractivity contribution in [3.63, 3.8) is 0 Å². The maximum absolute atomic E-state index is 14.2. The van der Waals surface area contributed by atoms with Gasteiger partial charge < -0.3 is 14.6 Å². The van der Waals surface area contributed by atoms with E-state index in [0.29, 0.717) is 68.6 Å². The van der Waals surface area contributed by atoms with Crippen LogP contribution < -0.4 is 10.0 Å². The first kappa shape index (κ1) is 32.3. The van der Waals surface area contributed by atoms with E-state index >= 15 is 0 Å². The van der Waals surface area contributed by atoms with Crippen LogP contribution in [0.15, 0.2) is 29.2 Å². The van der Waals surface area contributed by atoms with E-state index in [1.807, 2.05) is 0 Å². The van der Waals surface area contributed by atoms with Gasteiger partial charge in [-0.1, -0.05) is 25.3 Å². The van der Waals surface area contributed by atoms with Crippen LogP contribution in [-0.4, -0.2) is 50.4 Å². The minimum atomic E-state index is -5.19. The van der Waals surface area contributed by atoms with Crippen LogP contribution in [0.4, 0.5) is 26.3 Å². The highest BCUT2D eigenvalue weighted by Crippen LogP contribution is 2.39. The summed E-state index contributed by atoms with van der Waals surface area (Å²) in [6.07, 6.45) is -3.94. The van der Waals surface area contributed by atoms with E-state index in [4.69, 9.17) is 4.74 Å². The van der Waals surface area contributed by atoms with Crippen LogP contribution in [0.5, 0.6) is 0 Å². The van der Waals surface area contributed by atoms with Gasteiger partial charge in [-0.05, 0) is 69.2 Å². The van der Waals surface area contributed by atoms with E-state index < -0.39 is 38.9 Å². The van der Waals surface area contributed by atoms with Gasteiger partial charge in [0.15, 0.2) is 0 Å². The molecule has 2 fully saturated rings. The van der Waals surface area contributed by atoms with Gasteiger partial charge in [0.1, 0.15) is 6.04 Å². The summed E-state index contributed by atoms with van der Waals surface area (Å²) < 4.78 is 115. The van der Waals surface area contributed by atoms with Crippen LogP contribution in [0.2, 0.25) is 0 Å². The molecule has 14 heteroatoms. The van der Waals surface area contributed by atoms with Crippen molar-refractivity contribution in [2.75, 3.05) is 13.2 Å². The minimum Gasteiger partial charge on any atom is -0.381 e. The molecule has 0 radical (unpaired) electrons. The molecule has 42 heavy (non-hydrogen) atoms. The van der Waals surface area contributed by atoms with Gasteiger partial charge in [0.2, 0.25) is 10.0 Å². The van der Waals surface area contributed by atoms with Gasteiger partial charge in [-0.2, -0.15) is 31.1 Å². The van der Waals surface area contributed by atoms with E-state index in [2.05, 4.69) is 5.32 Å². The van der Waals surface area contributed by atoms with Crippen molar-refractivity contribution in [2.24, 2.45) is 5.92 Å². The lowest BCUT2D eigenvalue weighted by Gasteiger charge is -2.25. The topological polar surface area (TPSA) is 89.4 Å². The number of halogens is 6. The normalized spacial score (nSPS) is 18.7. The number of carbonyl (C=O) groups excluding carboxylic acids is 1. The van der Waals surface area contributed by atoms with Gasteiger partial charge in [-0.25, -0.2) is 8.42 Å². The first-order chi connectivity index (χ1) is 19.6. The molecule has 1 amide bonds. The Morgan fingerprint density at radius 2 is 1.67 bits per heavy atom. The molecule has 1 atom stereocenters. The zero-order chi connectivity index (χ0) is 30.9. The van der Waals surface area contributed by atoms with Crippen LogP contribution in [0.1, 0.15) is 73.5 Å². The molecule has 234 valence electrons. The van der Waals surface area contributed by atoms with E-state index in [0.717, 1.165) is 38.2 Å². The predicted octanol–water partition coefficient (Wildman–Crippen LogP) is 6.20. The number of benzene rings is 1. The van der Waals surface area contributed by atoms with Crippen LogP contribution in [0.3, 0.4) is 0 Å². The summed E-state index contributed by atoms with van der Waals surface area (Å²) in [5.74, 6) is -0.131. The number of ether oxygens (including phenoxy) is 1. The lowest BCUT2D eigenvalue weighted by atomic mass is 9.89. The summed E-state index contributed by atoms with van der Waals surface area (Å²) in [7, 11) is -5.19. The molecule has 2 aliphatic rings. The quantitative estimate of drug-likeness (QED) is 0.343. The zero-order valence-corrected chi connectivity index (χ0v) is 24.2. The number of rotatable bonds is 8. The van der Waals surface area contributed by atoms with Crippen molar-refractivity contribution in [1.82, 2.24) is 14.6 Å². The fourth-order valence-electron chi connectivity index (χ4n) is 5.59. The largest absolute Gasteiger partial charge is 0.417 e. The maximum Gasteiger partial charge on any atom is 0.417 e. The molecule has 0 spiro atoms. The monoisotopic (exact) mass is 623 g/mol. The Morgan fingerprint density at radius 3 is 2.26 bits per heavy atom. The first-order valence-corrected chi connectivity index (χ1v) is 15.5. The second-order valence-corrected chi connectivity index (χ2v) is 12.8. The molecule has 4 rings (SSSR count). The fraction of sp³-hybridized carbons (Fsp3) is 0.607. The summed E-state index contributed by atoms with van der Waals surface area (Å²) in [5.41, 5.74) is -0.460. The molecule has 0 bridgehead atoms. The highest BCUT2D eigenvalue weighted by Gasteiger charge is 2.42. The predicted molar refractivity (Wildman–Crippen MR) is 143 cm³/mol. The summed E-state index contributed by atoms with van der Waals surface area (Å²) in [6, 6.07) is 1.21. The van der Waals surface area contributed by atoms with Gasteiger partial charge >= 0.3 is 12.4 Å². The molecule has 1 aliphatic heterocycles. The summed E-state index contributed by atoms with van der Waals surface area (Å²) in [5, 5.41) is 2.97. The molecule has 1 aromatic heterocycles. The number of aromatic nitrogens is 1. The van der Waals surface area contributed by atoms with Gasteiger partial charge in [-0.15, -0.1) is 0 Å². The number of carbonyl (C=O) groups is 1. The van der Waals surface area contributed by atoms with Crippen LogP contribution >= 0.6 is 0 Å². The molecule has 7 nitrogen and oxygen atoms in total. The summed E-state index contributed by atoms with van der Waals surface area (Å²) in [6.45, 7) is 3.69. The van der Waals surface area contributed by atoms with Crippen LogP contribution in [0, 0.1) is 12.8 Å². The molecular weight excluding hydrogens is 588 g/mol. The smallest absolute Gasteiger partial charge is 0.381 e.